The molecule has 0 bridgehead atoms. The number of aromatic nitrogens is 1. The van der Waals surface area contributed by atoms with Crippen molar-refractivity contribution < 1.29 is 14.7 Å². The van der Waals surface area contributed by atoms with Gasteiger partial charge in [-0.25, -0.2) is 0 Å². The van der Waals surface area contributed by atoms with Crippen LogP contribution in [0.3, 0.4) is 0 Å². The van der Waals surface area contributed by atoms with Crippen molar-refractivity contribution in [2.24, 2.45) is 0 Å². The third-order valence-electron chi connectivity index (χ3n) is 4.00. The normalized spacial score (nSPS) is 10.5. The van der Waals surface area contributed by atoms with Crippen LogP contribution >= 0.6 is 0 Å². The molecule has 1 aromatic heterocycles. The lowest BCUT2D eigenvalue weighted by molar-refractivity contribution is -0.136. The van der Waals surface area contributed by atoms with Crippen LogP contribution < -0.4 is 10.6 Å². The first-order valence-corrected chi connectivity index (χ1v) is 8.18. The summed E-state index contributed by atoms with van der Waals surface area (Å²) in [5, 5.41) is 16.2. The molecule has 0 saturated carbocycles. The van der Waals surface area contributed by atoms with Gasteiger partial charge in [-0.3, -0.25) is 14.6 Å². The van der Waals surface area contributed by atoms with Gasteiger partial charge in [0.1, 0.15) is 0 Å². The van der Waals surface area contributed by atoms with Gasteiger partial charge in [-0.05, 0) is 37.3 Å². The van der Waals surface area contributed by atoms with Crippen molar-refractivity contribution in [3.05, 3.63) is 59.8 Å². The highest BCUT2D eigenvalue weighted by Crippen LogP contribution is 2.32. The Balaban J connectivity index is 2.04. The Morgan fingerprint density at radius 3 is 2.35 bits per heavy atom. The Labute approximate surface area is 150 Å². The summed E-state index contributed by atoms with van der Waals surface area (Å²) in [6, 6.07) is 14.9. The summed E-state index contributed by atoms with van der Waals surface area (Å²) < 4.78 is 0. The second-order valence-corrected chi connectivity index (χ2v) is 6.02. The molecule has 132 valence electrons. The molecule has 0 atom stereocenters. The number of hydrogen-bond donors (Lipinski definition) is 3. The number of benzene rings is 2. The molecule has 0 spiro atoms. The molecule has 0 aliphatic rings. The number of aryl methyl sites for hydroxylation is 1. The fourth-order valence-electron chi connectivity index (χ4n) is 2.87. The first-order chi connectivity index (χ1) is 12.4. The number of rotatable bonds is 5. The van der Waals surface area contributed by atoms with Crippen molar-refractivity contribution in [2.45, 2.75) is 20.3 Å². The largest absolute Gasteiger partial charge is 0.481 e. The molecule has 0 saturated heterocycles. The van der Waals surface area contributed by atoms with E-state index >= 15 is 0 Å². The average Bonchev–Trinajstić information content (AvgIpc) is 2.58. The van der Waals surface area contributed by atoms with Crippen molar-refractivity contribution in [3.63, 3.8) is 0 Å². The van der Waals surface area contributed by atoms with Gasteiger partial charge in [0.05, 0.1) is 17.6 Å². The number of aliphatic carboxylic acids is 1. The van der Waals surface area contributed by atoms with Gasteiger partial charge in [0.25, 0.3) is 0 Å². The van der Waals surface area contributed by atoms with Gasteiger partial charge in [-0.1, -0.05) is 18.2 Å². The van der Waals surface area contributed by atoms with E-state index in [1.807, 2.05) is 43.3 Å². The summed E-state index contributed by atoms with van der Waals surface area (Å²) in [6.45, 7) is 3.27. The van der Waals surface area contributed by atoms with Crippen molar-refractivity contribution in [1.29, 1.82) is 0 Å². The predicted molar refractivity (Wildman–Crippen MR) is 102 cm³/mol. The Kier molecular flexibility index (Phi) is 4.84. The quantitative estimate of drug-likeness (QED) is 0.650. The molecule has 0 radical (unpaired) electrons. The molecule has 26 heavy (non-hydrogen) atoms. The average molecular weight is 349 g/mol. The second kappa shape index (κ2) is 7.23. The van der Waals surface area contributed by atoms with Crippen LogP contribution in [-0.4, -0.2) is 22.0 Å². The standard InChI is InChI=1S/C20H19N3O3/c1-12-17(11-19(25)26)20(16-5-3-4-6-18(16)21-12)23-15-9-7-14(8-10-15)22-13(2)24/h3-10H,11H2,1-2H3,(H,21,23)(H,22,24)(H,25,26). The lowest BCUT2D eigenvalue weighted by Gasteiger charge is -2.16. The minimum Gasteiger partial charge on any atom is -0.481 e. The van der Waals surface area contributed by atoms with Gasteiger partial charge >= 0.3 is 5.97 Å². The molecule has 0 fully saturated rings. The van der Waals surface area contributed by atoms with Crippen LogP contribution in [0.15, 0.2) is 48.5 Å². The summed E-state index contributed by atoms with van der Waals surface area (Å²) in [5.74, 6) is -1.04. The summed E-state index contributed by atoms with van der Waals surface area (Å²) in [7, 11) is 0. The molecular formula is C20H19N3O3. The maximum atomic E-state index is 11.3. The maximum Gasteiger partial charge on any atom is 0.307 e. The molecule has 0 unspecified atom stereocenters. The van der Waals surface area contributed by atoms with Gasteiger partial charge < -0.3 is 15.7 Å². The number of fused-ring (bicyclic) bond motifs is 1. The molecule has 3 aromatic rings. The van der Waals surface area contributed by atoms with E-state index in [4.69, 9.17) is 0 Å². The summed E-state index contributed by atoms with van der Waals surface area (Å²) in [5.41, 5.74) is 4.37. The maximum absolute atomic E-state index is 11.3. The van der Waals surface area contributed by atoms with Gasteiger partial charge in [-0.15, -0.1) is 0 Å². The number of anilines is 3. The number of nitrogens with zero attached hydrogens (tertiary/aromatic N) is 1. The fraction of sp³-hybridized carbons (Fsp3) is 0.150. The molecule has 0 aliphatic heterocycles. The number of carbonyl (C=O) groups is 2. The van der Waals surface area contributed by atoms with Crippen molar-refractivity contribution in [2.75, 3.05) is 10.6 Å². The molecule has 6 nitrogen and oxygen atoms in total. The second-order valence-electron chi connectivity index (χ2n) is 6.02. The monoisotopic (exact) mass is 349 g/mol. The van der Waals surface area contributed by atoms with Crippen LogP contribution in [0.2, 0.25) is 0 Å². The third kappa shape index (κ3) is 3.80. The van der Waals surface area contributed by atoms with Gasteiger partial charge in [0, 0.05) is 34.9 Å². The molecule has 6 heteroatoms. The molecule has 3 rings (SSSR count). The number of carboxylic acid groups (broad SMARTS) is 1. The van der Waals surface area contributed by atoms with E-state index in [0.29, 0.717) is 16.9 Å². The van der Waals surface area contributed by atoms with E-state index in [2.05, 4.69) is 15.6 Å². The van der Waals surface area contributed by atoms with Gasteiger partial charge in [0.2, 0.25) is 5.91 Å². The first-order valence-electron chi connectivity index (χ1n) is 8.18. The van der Waals surface area contributed by atoms with E-state index in [1.54, 1.807) is 12.1 Å². The Morgan fingerprint density at radius 2 is 1.69 bits per heavy atom. The highest BCUT2D eigenvalue weighted by molar-refractivity contribution is 5.96. The topological polar surface area (TPSA) is 91.3 Å². The minimum absolute atomic E-state index is 0.115. The Bertz CT molecular complexity index is 982. The van der Waals surface area contributed by atoms with Crippen molar-refractivity contribution in [3.8, 4) is 0 Å². The van der Waals surface area contributed by atoms with Crippen molar-refractivity contribution in [1.82, 2.24) is 4.98 Å². The number of carbonyl (C=O) groups excluding carboxylic acids is 1. The predicted octanol–water partition coefficient (Wildman–Crippen LogP) is 3.87. The lowest BCUT2D eigenvalue weighted by atomic mass is 10.0. The van der Waals surface area contributed by atoms with E-state index in [0.717, 1.165) is 22.3 Å². The fourth-order valence-corrected chi connectivity index (χ4v) is 2.87. The lowest BCUT2D eigenvalue weighted by Crippen LogP contribution is -2.08. The van der Waals surface area contributed by atoms with E-state index in [-0.39, 0.29) is 12.3 Å². The number of hydrogen-bond acceptors (Lipinski definition) is 4. The van der Waals surface area contributed by atoms with Crippen molar-refractivity contribution >= 4 is 39.8 Å². The molecule has 0 aliphatic carbocycles. The molecule has 3 N–H and O–H groups in total. The van der Waals surface area contributed by atoms with E-state index in [9.17, 15) is 14.7 Å². The highest BCUT2D eigenvalue weighted by atomic mass is 16.4. The minimum atomic E-state index is -0.908. The summed E-state index contributed by atoms with van der Waals surface area (Å²) >= 11 is 0. The number of amides is 1. The number of para-hydroxylation sites is 1. The zero-order valence-corrected chi connectivity index (χ0v) is 14.5. The van der Waals surface area contributed by atoms with Gasteiger partial charge in [-0.2, -0.15) is 0 Å². The first kappa shape index (κ1) is 17.4. The molecule has 1 heterocycles. The van der Waals surface area contributed by atoms with Crippen LogP contribution in [-0.2, 0) is 16.0 Å². The van der Waals surface area contributed by atoms with Crippen LogP contribution in [0.1, 0.15) is 18.2 Å². The SMILES string of the molecule is CC(=O)Nc1ccc(Nc2c(CC(=O)O)c(C)nc3ccccc23)cc1. The highest BCUT2D eigenvalue weighted by Gasteiger charge is 2.15. The molecular weight excluding hydrogens is 330 g/mol. The number of carboxylic acids is 1. The van der Waals surface area contributed by atoms with Gasteiger partial charge in [0.15, 0.2) is 0 Å². The zero-order valence-electron chi connectivity index (χ0n) is 14.5. The Hall–Kier alpha value is -3.41. The van der Waals surface area contributed by atoms with E-state index < -0.39 is 5.97 Å². The smallest absolute Gasteiger partial charge is 0.307 e. The summed E-state index contributed by atoms with van der Waals surface area (Å²) in [4.78, 5) is 27.0. The zero-order chi connectivity index (χ0) is 18.7. The van der Waals surface area contributed by atoms with Crippen LogP contribution in [0.25, 0.3) is 10.9 Å². The molecule has 1 amide bonds. The Morgan fingerprint density at radius 1 is 1.04 bits per heavy atom. The third-order valence-corrected chi connectivity index (χ3v) is 4.00. The van der Waals surface area contributed by atoms with E-state index in [1.165, 1.54) is 6.92 Å². The summed E-state index contributed by atoms with van der Waals surface area (Å²) in [6.07, 6.45) is -0.115. The van der Waals surface area contributed by atoms with Crippen LogP contribution in [0.5, 0.6) is 0 Å². The van der Waals surface area contributed by atoms with Crippen LogP contribution in [0, 0.1) is 6.92 Å². The molecule has 2 aromatic carbocycles. The van der Waals surface area contributed by atoms with Crippen LogP contribution in [0.4, 0.5) is 17.1 Å². The number of nitrogens with one attached hydrogen (secondary N) is 2. The number of pyridine rings is 1.